The number of ether oxygens (including phenoxy) is 1. The Labute approximate surface area is 84.6 Å². The first kappa shape index (κ1) is 9.53. The van der Waals surface area contributed by atoms with Gasteiger partial charge in [0.1, 0.15) is 6.10 Å². The van der Waals surface area contributed by atoms with Crippen LogP contribution in [0, 0.1) is 5.92 Å². The zero-order valence-corrected chi connectivity index (χ0v) is 8.23. The van der Waals surface area contributed by atoms with Crippen LogP contribution >= 0.6 is 0 Å². The Bertz CT molecular complexity index is 276. The smallest absolute Gasteiger partial charge is 0.123 e. The molecule has 14 heavy (non-hydrogen) atoms. The number of aliphatic hydroxyl groups excluding tert-OH is 1. The molecule has 0 radical (unpaired) electrons. The standard InChI is InChI=1S/C12H16O2/c13-9-10-6-7-14-12(8-10)11-4-2-1-3-5-11/h2,4,6-8,11-13H,1,3,5,9H2/t11-,12+/m0/s1. The van der Waals surface area contributed by atoms with Crippen molar-refractivity contribution >= 4 is 0 Å². The van der Waals surface area contributed by atoms with Crippen LogP contribution in [0.4, 0.5) is 0 Å². The van der Waals surface area contributed by atoms with E-state index in [0.717, 1.165) is 5.57 Å². The van der Waals surface area contributed by atoms with Gasteiger partial charge in [0.05, 0.1) is 12.9 Å². The van der Waals surface area contributed by atoms with Gasteiger partial charge in [0.25, 0.3) is 0 Å². The fourth-order valence-corrected chi connectivity index (χ4v) is 1.97. The Balaban J connectivity index is 2.04. The lowest BCUT2D eigenvalue weighted by molar-refractivity contribution is 0.133. The molecule has 1 N–H and O–H groups in total. The summed E-state index contributed by atoms with van der Waals surface area (Å²) < 4.78 is 5.53. The van der Waals surface area contributed by atoms with Gasteiger partial charge in [-0.25, -0.2) is 0 Å². The van der Waals surface area contributed by atoms with Crippen molar-refractivity contribution in [3.05, 3.63) is 36.1 Å². The van der Waals surface area contributed by atoms with E-state index in [4.69, 9.17) is 9.84 Å². The Kier molecular flexibility index (Phi) is 3.04. The van der Waals surface area contributed by atoms with E-state index < -0.39 is 0 Å². The van der Waals surface area contributed by atoms with E-state index in [1.165, 1.54) is 19.3 Å². The predicted octanol–water partition coefficient (Wildman–Crippen LogP) is 2.17. The summed E-state index contributed by atoms with van der Waals surface area (Å²) in [5, 5.41) is 9.01. The third-order valence-electron chi connectivity index (χ3n) is 2.79. The monoisotopic (exact) mass is 192 g/mol. The number of aliphatic hydroxyl groups is 1. The Morgan fingerprint density at radius 1 is 1.50 bits per heavy atom. The molecule has 0 unspecified atom stereocenters. The van der Waals surface area contributed by atoms with E-state index >= 15 is 0 Å². The molecule has 2 atom stereocenters. The molecule has 0 saturated heterocycles. The lowest BCUT2D eigenvalue weighted by atomic mass is 9.89. The van der Waals surface area contributed by atoms with Crippen molar-refractivity contribution in [1.29, 1.82) is 0 Å². The summed E-state index contributed by atoms with van der Waals surface area (Å²) in [6.45, 7) is 0.104. The van der Waals surface area contributed by atoms with Gasteiger partial charge in [-0.15, -0.1) is 0 Å². The van der Waals surface area contributed by atoms with Crippen molar-refractivity contribution in [2.24, 2.45) is 5.92 Å². The quantitative estimate of drug-likeness (QED) is 0.679. The van der Waals surface area contributed by atoms with Gasteiger partial charge in [0.2, 0.25) is 0 Å². The Hall–Kier alpha value is -1.02. The molecular weight excluding hydrogens is 176 g/mol. The predicted molar refractivity (Wildman–Crippen MR) is 55.7 cm³/mol. The van der Waals surface area contributed by atoms with Gasteiger partial charge in [-0.1, -0.05) is 12.2 Å². The van der Waals surface area contributed by atoms with Gasteiger partial charge in [-0.05, 0) is 37.0 Å². The highest BCUT2D eigenvalue weighted by molar-refractivity contribution is 5.23. The van der Waals surface area contributed by atoms with E-state index in [9.17, 15) is 0 Å². The van der Waals surface area contributed by atoms with Gasteiger partial charge in [0, 0.05) is 5.92 Å². The summed E-state index contributed by atoms with van der Waals surface area (Å²) in [6.07, 6.45) is 13.7. The molecule has 0 amide bonds. The summed E-state index contributed by atoms with van der Waals surface area (Å²) in [6, 6.07) is 0. The maximum Gasteiger partial charge on any atom is 0.123 e. The van der Waals surface area contributed by atoms with Crippen LogP contribution < -0.4 is 0 Å². The largest absolute Gasteiger partial charge is 0.493 e. The van der Waals surface area contributed by atoms with E-state index in [1.807, 2.05) is 12.2 Å². The van der Waals surface area contributed by atoms with Crippen molar-refractivity contribution in [2.45, 2.75) is 25.4 Å². The Morgan fingerprint density at radius 3 is 3.14 bits per heavy atom. The SMILES string of the molecule is OCC1=C[C@H]([C@H]2C=CCCC2)OC=C1. The normalized spacial score (nSPS) is 31.1. The second-order valence-corrected chi connectivity index (χ2v) is 3.83. The van der Waals surface area contributed by atoms with Crippen LogP contribution in [0.2, 0.25) is 0 Å². The van der Waals surface area contributed by atoms with E-state index in [-0.39, 0.29) is 12.7 Å². The molecule has 0 aromatic carbocycles. The molecule has 2 rings (SSSR count). The maximum absolute atomic E-state index is 9.01. The molecule has 2 heteroatoms. The molecule has 0 saturated carbocycles. The van der Waals surface area contributed by atoms with E-state index in [0.29, 0.717) is 5.92 Å². The first-order valence-electron chi connectivity index (χ1n) is 5.20. The number of hydrogen-bond donors (Lipinski definition) is 1. The molecule has 76 valence electrons. The first-order valence-corrected chi connectivity index (χ1v) is 5.20. The van der Waals surface area contributed by atoms with Crippen LogP contribution in [0.25, 0.3) is 0 Å². The van der Waals surface area contributed by atoms with Crippen LogP contribution in [-0.2, 0) is 4.74 Å². The minimum absolute atomic E-state index is 0.104. The fraction of sp³-hybridized carbons (Fsp3) is 0.500. The molecule has 1 heterocycles. The highest BCUT2D eigenvalue weighted by Crippen LogP contribution is 2.26. The third kappa shape index (κ3) is 2.07. The van der Waals surface area contributed by atoms with Gasteiger partial charge in [-0.2, -0.15) is 0 Å². The summed E-state index contributed by atoms with van der Waals surface area (Å²) in [4.78, 5) is 0. The van der Waals surface area contributed by atoms with Crippen LogP contribution in [-0.4, -0.2) is 17.8 Å². The van der Waals surface area contributed by atoms with Crippen LogP contribution in [0.3, 0.4) is 0 Å². The minimum atomic E-state index is 0.104. The summed E-state index contributed by atoms with van der Waals surface area (Å²) in [5.41, 5.74) is 0.959. The van der Waals surface area contributed by atoms with Gasteiger partial charge in [-0.3, -0.25) is 0 Å². The van der Waals surface area contributed by atoms with E-state index in [2.05, 4.69) is 12.2 Å². The second kappa shape index (κ2) is 4.47. The molecule has 0 aromatic heterocycles. The number of rotatable bonds is 2. The molecule has 1 aliphatic carbocycles. The van der Waals surface area contributed by atoms with Gasteiger partial charge >= 0.3 is 0 Å². The average molecular weight is 192 g/mol. The van der Waals surface area contributed by atoms with Gasteiger partial charge < -0.3 is 9.84 Å². The zero-order valence-electron chi connectivity index (χ0n) is 8.23. The zero-order chi connectivity index (χ0) is 9.80. The second-order valence-electron chi connectivity index (χ2n) is 3.83. The summed E-state index contributed by atoms with van der Waals surface area (Å²) in [7, 11) is 0. The molecule has 0 aromatic rings. The minimum Gasteiger partial charge on any atom is -0.493 e. The van der Waals surface area contributed by atoms with Crippen molar-refractivity contribution in [3.8, 4) is 0 Å². The molecule has 2 aliphatic rings. The molecule has 1 aliphatic heterocycles. The van der Waals surface area contributed by atoms with Crippen LogP contribution in [0.5, 0.6) is 0 Å². The molecule has 0 bridgehead atoms. The summed E-state index contributed by atoms with van der Waals surface area (Å²) in [5.74, 6) is 0.482. The number of hydrogen-bond acceptors (Lipinski definition) is 2. The first-order chi connectivity index (χ1) is 6.90. The highest BCUT2D eigenvalue weighted by Gasteiger charge is 2.21. The van der Waals surface area contributed by atoms with Crippen molar-refractivity contribution in [1.82, 2.24) is 0 Å². The molecule has 0 fully saturated rings. The lowest BCUT2D eigenvalue weighted by Gasteiger charge is -2.26. The van der Waals surface area contributed by atoms with E-state index in [1.54, 1.807) is 6.26 Å². The summed E-state index contributed by atoms with van der Waals surface area (Å²) >= 11 is 0. The highest BCUT2D eigenvalue weighted by atomic mass is 16.5. The van der Waals surface area contributed by atoms with Crippen LogP contribution in [0.1, 0.15) is 19.3 Å². The Morgan fingerprint density at radius 2 is 2.43 bits per heavy atom. The van der Waals surface area contributed by atoms with Crippen LogP contribution in [0.15, 0.2) is 36.1 Å². The fourth-order valence-electron chi connectivity index (χ4n) is 1.97. The molecule has 0 spiro atoms. The number of allylic oxidation sites excluding steroid dienone is 1. The van der Waals surface area contributed by atoms with Gasteiger partial charge in [0.15, 0.2) is 0 Å². The molecular formula is C12H16O2. The van der Waals surface area contributed by atoms with Crippen molar-refractivity contribution < 1.29 is 9.84 Å². The topological polar surface area (TPSA) is 29.5 Å². The maximum atomic E-state index is 9.01. The lowest BCUT2D eigenvalue weighted by Crippen LogP contribution is -2.22. The molecule has 2 nitrogen and oxygen atoms in total. The van der Waals surface area contributed by atoms with Crippen molar-refractivity contribution in [2.75, 3.05) is 6.61 Å². The van der Waals surface area contributed by atoms with Crippen molar-refractivity contribution in [3.63, 3.8) is 0 Å². The average Bonchev–Trinajstić information content (AvgIpc) is 2.30. The third-order valence-corrected chi connectivity index (χ3v) is 2.79.